The van der Waals surface area contributed by atoms with Gasteiger partial charge in [0, 0.05) is 6.54 Å². The average Bonchev–Trinajstić information content (AvgIpc) is 1.98. The summed E-state index contributed by atoms with van der Waals surface area (Å²) >= 11 is 0. The van der Waals surface area contributed by atoms with Crippen molar-refractivity contribution < 1.29 is 15.3 Å². The summed E-state index contributed by atoms with van der Waals surface area (Å²) in [5.74, 6) is 0. The van der Waals surface area contributed by atoms with Gasteiger partial charge in [-0.3, -0.25) is 5.32 Å². The second-order valence-corrected chi connectivity index (χ2v) is 1.91. The molecule has 1 rings (SSSR count). The third-order valence-electron chi connectivity index (χ3n) is 1.25. The van der Waals surface area contributed by atoms with Crippen molar-refractivity contribution in [1.29, 1.82) is 0 Å². The molecule has 0 amide bonds. The first-order valence-electron chi connectivity index (χ1n) is 2.49. The number of aliphatic hydroxyl groups excluding tert-OH is 3. The molecule has 0 aromatic heterocycles. The fourth-order valence-corrected chi connectivity index (χ4v) is 0.693. The molecule has 0 spiro atoms. The van der Waals surface area contributed by atoms with Gasteiger partial charge in [-0.05, 0) is 0 Å². The number of hydrogen-bond donors (Lipinski definition) is 4. The molecule has 1 aliphatic heterocycles. The quantitative estimate of drug-likeness (QED) is 0.287. The maximum absolute atomic E-state index is 8.70. The summed E-state index contributed by atoms with van der Waals surface area (Å²) in [6, 6.07) is 0. The standard InChI is InChI=1S/C4H9NO3/c6-2-1-5-4(8)3(2)7/h2-8H,1H2/t2-,3-,4+/m1/s1. The van der Waals surface area contributed by atoms with Crippen LogP contribution in [0.2, 0.25) is 0 Å². The fraction of sp³-hybridized carbons (Fsp3) is 1.00. The highest BCUT2D eigenvalue weighted by Gasteiger charge is 2.30. The molecule has 0 aliphatic carbocycles. The number of aliphatic hydroxyl groups is 3. The van der Waals surface area contributed by atoms with Gasteiger partial charge in [-0.25, -0.2) is 0 Å². The summed E-state index contributed by atoms with van der Waals surface area (Å²) in [4.78, 5) is 0. The Morgan fingerprint density at radius 3 is 2.00 bits per heavy atom. The lowest BCUT2D eigenvalue weighted by molar-refractivity contribution is -0.0208. The van der Waals surface area contributed by atoms with E-state index < -0.39 is 18.4 Å². The number of nitrogens with one attached hydrogen (secondary N) is 1. The van der Waals surface area contributed by atoms with Gasteiger partial charge in [0.25, 0.3) is 0 Å². The summed E-state index contributed by atoms with van der Waals surface area (Å²) in [6.07, 6.45) is -2.79. The van der Waals surface area contributed by atoms with E-state index in [1.54, 1.807) is 0 Å². The van der Waals surface area contributed by atoms with Crippen LogP contribution in [0.1, 0.15) is 0 Å². The van der Waals surface area contributed by atoms with Crippen LogP contribution in [0.25, 0.3) is 0 Å². The van der Waals surface area contributed by atoms with E-state index in [9.17, 15) is 0 Å². The van der Waals surface area contributed by atoms with Crippen molar-refractivity contribution in [3.63, 3.8) is 0 Å². The monoisotopic (exact) mass is 119 g/mol. The number of hydrogen-bond acceptors (Lipinski definition) is 4. The lowest BCUT2D eigenvalue weighted by Crippen LogP contribution is -2.32. The molecule has 1 saturated heterocycles. The van der Waals surface area contributed by atoms with Gasteiger partial charge in [-0.2, -0.15) is 0 Å². The minimum atomic E-state index is -1.02. The topological polar surface area (TPSA) is 72.7 Å². The molecule has 3 atom stereocenters. The summed E-state index contributed by atoms with van der Waals surface area (Å²) in [5, 5.41) is 28.5. The Morgan fingerprint density at radius 1 is 1.25 bits per heavy atom. The molecule has 4 heteroatoms. The van der Waals surface area contributed by atoms with Gasteiger partial charge in [0.2, 0.25) is 0 Å². The summed E-state index contributed by atoms with van der Waals surface area (Å²) in [5.41, 5.74) is 0. The zero-order chi connectivity index (χ0) is 6.15. The van der Waals surface area contributed by atoms with Crippen LogP contribution in [0.5, 0.6) is 0 Å². The minimum Gasteiger partial charge on any atom is -0.389 e. The van der Waals surface area contributed by atoms with Crippen LogP contribution in [-0.4, -0.2) is 40.3 Å². The summed E-state index contributed by atoms with van der Waals surface area (Å²) in [7, 11) is 0. The third kappa shape index (κ3) is 0.830. The van der Waals surface area contributed by atoms with Crippen LogP contribution in [-0.2, 0) is 0 Å². The minimum absolute atomic E-state index is 0.266. The van der Waals surface area contributed by atoms with Crippen LogP contribution in [0.4, 0.5) is 0 Å². The van der Waals surface area contributed by atoms with Crippen LogP contribution in [0.15, 0.2) is 0 Å². The van der Waals surface area contributed by atoms with Crippen molar-refractivity contribution in [1.82, 2.24) is 5.32 Å². The lowest BCUT2D eigenvalue weighted by Gasteiger charge is -2.07. The first-order valence-corrected chi connectivity index (χ1v) is 2.49. The van der Waals surface area contributed by atoms with Crippen LogP contribution >= 0.6 is 0 Å². The van der Waals surface area contributed by atoms with Crippen molar-refractivity contribution in [2.75, 3.05) is 6.54 Å². The van der Waals surface area contributed by atoms with E-state index >= 15 is 0 Å². The average molecular weight is 119 g/mol. The van der Waals surface area contributed by atoms with Gasteiger partial charge in [0.1, 0.15) is 12.3 Å². The van der Waals surface area contributed by atoms with Gasteiger partial charge < -0.3 is 15.3 Å². The molecule has 4 nitrogen and oxygen atoms in total. The Hall–Kier alpha value is -0.160. The molecule has 0 saturated carbocycles. The Labute approximate surface area is 46.8 Å². The van der Waals surface area contributed by atoms with E-state index in [4.69, 9.17) is 15.3 Å². The second kappa shape index (κ2) is 1.99. The van der Waals surface area contributed by atoms with E-state index in [1.807, 2.05) is 0 Å². The normalized spacial score (nSPS) is 47.6. The largest absolute Gasteiger partial charge is 0.389 e. The smallest absolute Gasteiger partial charge is 0.133 e. The molecule has 1 aliphatic rings. The van der Waals surface area contributed by atoms with Gasteiger partial charge in [0.15, 0.2) is 0 Å². The Kier molecular flexibility index (Phi) is 1.48. The predicted molar refractivity (Wildman–Crippen MR) is 26.0 cm³/mol. The highest BCUT2D eigenvalue weighted by molar-refractivity contribution is 4.82. The van der Waals surface area contributed by atoms with Crippen molar-refractivity contribution in [2.45, 2.75) is 18.4 Å². The SMILES string of the molecule is O[C@@H]1[C@H](O)CN[C@H]1O. The first kappa shape index (κ1) is 5.97. The molecule has 0 radical (unpaired) electrons. The summed E-state index contributed by atoms with van der Waals surface area (Å²) < 4.78 is 0. The number of β-amino-alcohol motifs (C(OH)–C–C–N with tert-alkyl or cyclic N) is 1. The van der Waals surface area contributed by atoms with E-state index in [0.29, 0.717) is 0 Å². The van der Waals surface area contributed by atoms with E-state index in [1.165, 1.54) is 0 Å². The molecular weight excluding hydrogens is 110 g/mol. The summed E-state index contributed by atoms with van der Waals surface area (Å²) in [6.45, 7) is 0.266. The molecule has 1 heterocycles. The fourth-order valence-electron chi connectivity index (χ4n) is 0.693. The van der Waals surface area contributed by atoms with Gasteiger partial charge >= 0.3 is 0 Å². The molecular formula is C4H9NO3. The van der Waals surface area contributed by atoms with Crippen molar-refractivity contribution in [2.24, 2.45) is 0 Å². The van der Waals surface area contributed by atoms with Crippen LogP contribution in [0, 0.1) is 0 Å². The molecule has 0 aromatic carbocycles. The Morgan fingerprint density at radius 2 is 1.88 bits per heavy atom. The molecule has 0 bridgehead atoms. The van der Waals surface area contributed by atoms with E-state index in [2.05, 4.69) is 5.32 Å². The molecule has 0 aromatic rings. The molecule has 0 unspecified atom stereocenters. The zero-order valence-corrected chi connectivity index (χ0v) is 4.28. The molecule has 48 valence electrons. The van der Waals surface area contributed by atoms with E-state index in [-0.39, 0.29) is 6.54 Å². The van der Waals surface area contributed by atoms with Gasteiger partial charge in [0.05, 0.1) is 6.10 Å². The van der Waals surface area contributed by atoms with Gasteiger partial charge in [-0.15, -0.1) is 0 Å². The highest BCUT2D eigenvalue weighted by Crippen LogP contribution is 2.03. The third-order valence-corrected chi connectivity index (χ3v) is 1.25. The van der Waals surface area contributed by atoms with Crippen molar-refractivity contribution in [3.05, 3.63) is 0 Å². The maximum Gasteiger partial charge on any atom is 0.133 e. The van der Waals surface area contributed by atoms with Crippen LogP contribution in [0.3, 0.4) is 0 Å². The second-order valence-electron chi connectivity index (χ2n) is 1.91. The maximum atomic E-state index is 8.70. The predicted octanol–water partition coefficient (Wildman–Crippen LogP) is -2.37. The Bertz CT molecular complexity index is 77.4. The zero-order valence-electron chi connectivity index (χ0n) is 4.28. The first-order chi connectivity index (χ1) is 3.72. The Balaban J connectivity index is 2.44. The molecule has 1 fully saturated rings. The molecule has 4 N–H and O–H groups in total. The van der Waals surface area contributed by atoms with Crippen molar-refractivity contribution in [3.8, 4) is 0 Å². The molecule has 8 heavy (non-hydrogen) atoms. The number of rotatable bonds is 0. The van der Waals surface area contributed by atoms with Crippen molar-refractivity contribution >= 4 is 0 Å². The van der Waals surface area contributed by atoms with Gasteiger partial charge in [-0.1, -0.05) is 0 Å². The van der Waals surface area contributed by atoms with E-state index in [0.717, 1.165) is 0 Å². The van der Waals surface area contributed by atoms with Crippen LogP contribution < -0.4 is 5.32 Å². The lowest BCUT2D eigenvalue weighted by atomic mass is 10.2. The highest BCUT2D eigenvalue weighted by atomic mass is 16.4.